The second kappa shape index (κ2) is 5.87. The molecule has 0 saturated carbocycles. The number of aliphatic imine (C=N–C) groups is 1. The monoisotopic (exact) mass is 294 g/mol. The zero-order valence-corrected chi connectivity index (χ0v) is 13.1. The molecule has 2 rings (SSSR count). The van der Waals surface area contributed by atoms with Crippen LogP contribution in [0.1, 0.15) is 34.1 Å². The molecule has 2 aliphatic rings. The molecular formula is C15H22N2O4. The molecule has 0 atom stereocenters. The molecule has 0 spiro atoms. The van der Waals surface area contributed by atoms with Crippen molar-refractivity contribution in [3.63, 3.8) is 0 Å². The summed E-state index contributed by atoms with van der Waals surface area (Å²) in [4.78, 5) is 29.9. The van der Waals surface area contributed by atoms with E-state index in [1.807, 2.05) is 20.8 Å². The minimum Gasteiger partial charge on any atom is -0.461 e. The Balaban J connectivity index is 2.07. The Morgan fingerprint density at radius 3 is 2.67 bits per heavy atom. The number of nitrogens with zero attached hydrogens (tertiary/aromatic N) is 2. The average molecular weight is 294 g/mol. The SMILES string of the molecule is CCOC(=O)C1=NCC2=C1CN(C(=O)OC(C)(C)C)CC2. The third kappa shape index (κ3) is 3.62. The van der Waals surface area contributed by atoms with Gasteiger partial charge < -0.3 is 14.4 Å². The summed E-state index contributed by atoms with van der Waals surface area (Å²) < 4.78 is 10.4. The van der Waals surface area contributed by atoms with Crippen molar-refractivity contribution in [1.82, 2.24) is 4.90 Å². The molecule has 0 radical (unpaired) electrons. The summed E-state index contributed by atoms with van der Waals surface area (Å²) in [5.74, 6) is -0.409. The van der Waals surface area contributed by atoms with Crippen LogP contribution in [0.15, 0.2) is 16.1 Å². The van der Waals surface area contributed by atoms with E-state index >= 15 is 0 Å². The number of carbonyl (C=O) groups is 2. The van der Waals surface area contributed by atoms with E-state index in [1.54, 1.807) is 11.8 Å². The van der Waals surface area contributed by atoms with E-state index < -0.39 is 11.6 Å². The molecule has 0 unspecified atom stereocenters. The van der Waals surface area contributed by atoms with Gasteiger partial charge in [0.05, 0.1) is 19.7 Å². The topological polar surface area (TPSA) is 68.2 Å². The van der Waals surface area contributed by atoms with Crippen LogP contribution in [-0.2, 0) is 14.3 Å². The lowest BCUT2D eigenvalue weighted by Crippen LogP contribution is -2.42. The van der Waals surface area contributed by atoms with E-state index in [9.17, 15) is 9.59 Å². The maximum Gasteiger partial charge on any atom is 0.410 e. The summed E-state index contributed by atoms with van der Waals surface area (Å²) in [5.41, 5.74) is 1.78. The van der Waals surface area contributed by atoms with Crippen LogP contribution in [0.25, 0.3) is 0 Å². The molecule has 6 nitrogen and oxygen atoms in total. The first-order valence-electron chi connectivity index (χ1n) is 7.22. The van der Waals surface area contributed by atoms with E-state index in [1.165, 1.54) is 0 Å². The second-order valence-electron chi connectivity index (χ2n) is 6.12. The first-order valence-corrected chi connectivity index (χ1v) is 7.22. The van der Waals surface area contributed by atoms with Crippen molar-refractivity contribution in [2.75, 3.05) is 26.2 Å². The summed E-state index contributed by atoms with van der Waals surface area (Å²) in [6.07, 6.45) is 0.366. The van der Waals surface area contributed by atoms with Crippen molar-refractivity contribution >= 4 is 17.8 Å². The number of esters is 1. The lowest BCUT2D eigenvalue weighted by molar-refractivity contribution is -0.135. The quantitative estimate of drug-likeness (QED) is 0.730. The molecule has 2 aliphatic heterocycles. The summed E-state index contributed by atoms with van der Waals surface area (Å²) in [5, 5.41) is 0. The minimum atomic E-state index is -0.528. The predicted molar refractivity (Wildman–Crippen MR) is 78.4 cm³/mol. The largest absolute Gasteiger partial charge is 0.461 e. The van der Waals surface area contributed by atoms with Gasteiger partial charge in [-0.2, -0.15) is 0 Å². The normalized spacial score (nSPS) is 18.3. The van der Waals surface area contributed by atoms with Gasteiger partial charge in [0.25, 0.3) is 0 Å². The zero-order chi connectivity index (χ0) is 15.6. The standard InChI is InChI=1S/C15H22N2O4/c1-5-20-13(18)12-11-9-17(7-6-10(11)8-16-12)14(19)21-15(2,3)4/h5-9H2,1-4H3. The molecule has 116 valence electrons. The first kappa shape index (κ1) is 15.5. The van der Waals surface area contributed by atoms with Gasteiger partial charge in [-0.3, -0.25) is 4.99 Å². The number of hydrogen-bond donors (Lipinski definition) is 0. The minimum absolute atomic E-state index is 0.316. The van der Waals surface area contributed by atoms with Gasteiger partial charge in [0.1, 0.15) is 11.3 Å². The number of ether oxygens (including phenoxy) is 2. The molecule has 6 heteroatoms. The number of carbonyl (C=O) groups excluding carboxylic acids is 2. The second-order valence-corrected chi connectivity index (χ2v) is 6.12. The van der Waals surface area contributed by atoms with Crippen LogP contribution in [0.5, 0.6) is 0 Å². The molecule has 1 amide bonds. The van der Waals surface area contributed by atoms with Gasteiger partial charge in [0.15, 0.2) is 0 Å². The Bertz CT molecular complexity index is 514. The fourth-order valence-electron chi connectivity index (χ4n) is 2.36. The highest BCUT2D eigenvalue weighted by Gasteiger charge is 2.33. The molecule has 0 N–H and O–H groups in total. The Morgan fingerprint density at radius 2 is 2.05 bits per heavy atom. The van der Waals surface area contributed by atoms with Crippen molar-refractivity contribution in [2.45, 2.75) is 39.7 Å². The molecule has 0 saturated heterocycles. The van der Waals surface area contributed by atoms with Crippen LogP contribution in [0, 0.1) is 0 Å². The van der Waals surface area contributed by atoms with Crippen LogP contribution in [0.3, 0.4) is 0 Å². The van der Waals surface area contributed by atoms with Gasteiger partial charge in [-0.25, -0.2) is 9.59 Å². The molecular weight excluding hydrogens is 272 g/mol. The molecule has 0 aliphatic carbocycles. The highest BCUT2D eigenvalue weighted by Crippen LogP contribution is 2.26. The van der Waals surface area contributed by atoms with Crippen LogP contribution in [0.4, 0.5) is 4.79 Å². The van der Waals surface area contributed by atoms with Crippen LogP contribution in [0.2, 0.25) is 0 Å². The molecule has 21 heavy (non-hydrogen) atoms. The Kier molecular flexibility index (Phi) is 4.34. The summed E-state index contributed by atoms with van der Waals surface area (Å²) in [6.45, 7) is 9.07. The van der Waals surface area contributed by atoms with Gasteiger partial charge in [0, 0.05) is 12.1 Å². The molecule has 0 aromatic rings. The van der Waals surface area contributed by atoms with Gasteiger partial charge in [0.2, 0.25) is 0 Å². The molecule has 0 fully saturated rings. The van der Waals surface area contributed by atoms with Crippen LogP contribution in [-0.4, -0.2) is 54.5 Å². The fourth-order valence-corrected chi connectivity index (χ4v) is 2.36. The van der Waals surface area contributed by atoms with E-state index in [4.69, 9.17) is 9.47 Å². The first-order chi connectivity index (χ1) is 9.81. The van der Waals surface area contributed by atoms with E-state index in [-0.39, 0.29) is 6.09 Å². The average Bonchev–Trinajstić information content (AvgIpc) is 2.79. The van der Waals surface area contributed by atoms with Crippen molar-refractivity contribution in [3.8, 4) is 0 Å². The maximum atomic E-state index is 12.1. The lowest BCUT2D eigenvalue weighted by Gasteiger charge is -2.31. The van der Waals surface area contributed by atoms with Crippen molar-refractivity contribution in [3.05, 3.63) is 11.1 Å². The Morgan fingerprint density at radius 1 is 1.33 bits per heavy atom. The van der Waals surface area contributed by atoms with E-state index in [0.29, 0.717) is 32.0 Å². The highest BCUT2D eigenvalue weighted by molar-refractivity contribution is 6.44. The van der Waals surface area contributed by atoms with Gasteiger partial charge in [-0.05, 0) is 39.7 Å². The smallest absolute Gasteiger partial charge is 0.410 e. The Hall–Kier alpha value is -1.85. The number of hydrogen-bond acceptors (Lipinski definition) is 5. The third-order valence-electron chi connectivity index (χ3n) is 3.29. The molecule has 2 heterocycles. The zero-order valence-electron chi connectivity index (χ0n) is 13.1. The van der Waals surface area contributed by atoms with Crippen molar-refractivity contribution in [2.24, 2.45) is 4.99 Å². The summed E-state index contributed by atoms with van der Waals surface area (Å²) in [7, 11) is 0. The number of amides is 1. The van der Waals surface area contributed by atoms with Crippen molar-refractivity contribution in [1.29, 1.82) is 0 Å². The van der Waals surface area contributed by atoms with Gasteiger partial charge in [-0.15, -0.1) is 0 Å². The maximum absolute atomic E-state index is 12.1. The van der Waals surface area contributed by atoms with Gasteiger partial charge in [-0.1, -0.05) is 0 Å². The predicted octanol–water partition coefficient (Wildman–Crippen LogP) is 1.94. The molecule has 0 aromatic heterocycles. The lowest BCUT2D eigenvalue weighted by atomic mass is 9.99. The van der Waals surface area contributed by atoms with Crippen molar-refractivity contribution < 1.29 is 19.1 Å². The fraction of sp³-hybridized carbons (Fsp3) is 0.667. The molecule has 0 bridgehead atoms. The van der Waals surface area contributed by atoms with Crippen LogP contribution >= 0.6 is 0 Å². The summed E-state index contributed by atoms with van der Waals surface area (Å²) >= 11 is 0. The van der Waals surface area contributed by atoms with Gasteiger partial charge >= 0.3 is 12.1 Å². The number of rotatable bonds is 2. The highest BCUT2D eigenvalue weighted by atomic mass is 16.6. The summed E-state index contributed by atoms with van der Waals surface area (Å²) in [6, 6.07) is 0. The van der Waals surface area contributed by atoms with Crippen LogP contribution < -0.4 is 0 Å². The Labute approximate surface area is 124 Å². The molecule has 0 aromatic carbocycles. The van der Waals surface area contributed by atoms with E-state index in [2.05, 4.69) is 4.99 Å². The van der Waals surface area contributed by atoms with E-state index in [0.717, 1.165) is 17.6 Å². The third-order valence-corrected chi connectivity index (χ3v) is 3.29.